The Morgan fingerprint density at radius 1 is 0.778 bits per heavy atom. The summed E-state index contributed by atoms with van der Waals surface area (Å²) in [6, 6.07) is -0.784. The van der Waals surface area contributed by atoms with Crippen molar-refractivity contribution in [3.63, 3.8) is 0 Å². The number of alkyl halides is 1. The van der Waals surface area contributed by atoms with E-state index < -0.39 is 78.9 Å². The van der Waals surface area contributed by atoms with E-state index in [0.717, 1.165) is 6.42 Å². The predicted molar refractivity (Wildman–Crippen MR) is 163 cm³/mol. The number of ether oxygens (including phenoxy) is 7. The Balaban J connectivity index is 1.84. The van der Waals surface area contributed by atoms with Crippen molar-refractivity contribution in [2.24, 2.45) is 23.7 Å². The van der Waals surface area contributed by atoms with Crippen LogP contribution in [0.25, 0.3) is 0 Å². The summed E-state index contributed by atoms with van der Waals surface area (Å²) in [6.45, 7) is 19.7. The van der Waals surface area contributed by atoms with E-state index in [0.29, 0.717) is 12.8 Å². The highest BCUT2D eigenvalue weighted by atomic mass is 19.1. The van der Waals surface area contributed by atoms with Crippen LogP contribution in [0.15, 0.2) is 0 Å². The molecule has 1 aliphatic carbocycles. The van der Waals surface area contributed by atoms with Crippen LogP contribution in [0, 0.1) is 23.7 Å². The van der Waals surface area contributed by atoms with Gasteiger partial charge in [0, 0.05) is 26.2 Å². The zero-order chi connectivity index (χ0) is 33.8. The van der Waals surface area contributed by atoms with Crippen LogP contribution in [0.1, 0.15) is 102 Å². The summed E-state index contributed by atoms with van der Waals surface area (Å²) in [7, 11) is 0. The fraction of sp³-hybridized carbons (Fsp3) is 0.909. The largest absolute Gasteiger partial charge is 0.460 e. The van der Waals surface area contributed by atoms with Gasteiger partial charge in [-0.25, -0.2) is 9.18 Å². The number of halogens is 1. The van der Waals surface area contributed by atoms with Gasteiger partial charge >= 0.3 is 18.0 Å². The van der Waals surface area contributed by atoms with Crippen molar-refractivity contribution in [2.75, 3.05) is 0 Å². The number of nitrogens with one attached hydrogen (secondary N) is 1. The number of carbonyl (C=O) groups is 3. The minimum Gasteiger partial charge on any atom is -0.460 e. The first-order valence-corrected chi connectivity index (χ1v) is 16.5. The van der Waals surface area contributed by atoms with Crippen LogP contribution in [0.2, 0.25) is 0 Å². The van der Waals surface area contributed by atoms with Crippen molar-refractivity contribution < 1.29 is 51.9 Å². The molecule has 45 heavy (non-hydrogen) atoms. The van der Waals surface area contributed by atoms with Gasteiger partial charge in [0.2, 0.25) is 0 Å². The molecule has 1 N–H and O–H groups in total. The molecule has 0 aromatic carbocycles. The molecule has 0 aromatic heterocycles. The van der Waals surface area contributed by atoms with Crippen molar-refractivity contribution in [2.45, 2.75) is 169 Å². The number of carbonyl (C=O) groups excluding carboxylic acids is 3. The van der Waals surface area contributed by atoms with Crippen molar-refractivity contribution in [3.8, 4) is 0 Å². The van der Waals surface area contributed by atoms with Gasteiger partial charge in [-0.1, -0.05) is 41.5 Å². The van der Waals surface area contributed by atoms with Crippen LogP contribution in [-0.2, 0) is 42.7 Å². The Labute approximate surface area is 267 Å². The highest BCUT2D eigenvalue weighted by Gasteiger charge is 2.51. The maximum Gasteiger partial charge on any atom is 0.408 e. The van der Waals surface area contributed by atoms with Gasteiger partial charge in [-0.2, -0.15) is 0 Å². The van der Waals surface area contributed by atoms with E-state index in [4.69, 9.17) is 33.2 Å². The van der Waals surface area contributed by atoms with Gasteiger partial charge in [-0.05, 0) is 57.8 Å². The molecule has 14 unspecified atom stereocenters. The Hall–Kier alpha value is -2.02. The lowest BCUT2D eigenvalue weighted by atomic mass is 9.77. The van der Waals surface area contributed by atoms with Crippen LogP contribution < -0.4 is 5.32 Å². The van der Waals surface area contributed by atoms with E-state index in [9.17, 15) is 14.4 Å². The van der Waals surface area contributed by atoms with Gasteiger partial charge in [0.05, 0.1) is 30.5 Å². The van der Waals surface area contributed by atoms with E-state index in [-0.39, 0.29) is 36.2 Å². The lowest BCUT2D eigenvalue weighted by Gasteiger charge is -2.48. The summed E-state index contributed by atoms with van der Waals surface area (Å²) >= 11 is 0. The van der Waals surface area contributed by atoms with Crippen LogP contribution in [0.4, 0.5) is 9.18 Å². The number of rotatable bonds is 9. The first-order valence-electron chi connectivity index (χ1n) is 16.5. The lowest BCUT2D eigenvalue weighted by molar-refractivity contribution is -0.316. The fourth-order valence-corrected chi connectivity index (χ4v) is 6.87. The monoisotopic (exact) mass is 645 g/mol. The number of alkyl carbamates (subject to hydrolysis) is 1. The first-order chi connectivity index (χ1) is 20.9. The summed E-state index contributed by atoms with van der Waals surface area (Å²) in [5.41, 5.74) is -0.753. The molecular formula is C33H56FNO10. The molecular weight excluding hydrogens is 589 g/mol. The molecule has 0 bridgehead atoms. The second kappa shape index (κ2) is 15.7. The Kier molecular flexibility index (Phi) is 13.1. The van der Waals surface area contributed by atoms with Gasteiger partial charge in [-0.15, -0.1) is 0 Å². The summed E-state index contributed by atoms with van der Waals surface area (Å²) in [5, 5.41) is 2.80. The highest BCUT2D eigenvalue weighted by molar-refractivity contribution is 5.68. The van der Waals surface area contributed by atoms with E-state index in [1.807, 2.05) is 34.6 Å². The smallest absolute Gasteiger partial charge is 0.408 e. The first kappa shape index (κ1) is 37.4. The van der Waals surface area contributed by atoms with Crippen molar-refractivity contribution in [3.05, 3.63) is 0 Å². The normalized spacial score (nSPS) is 40.7. The molecule has 3 rings (SSSR count). The van der Waals surface area contributed by atoms with E-state index >= 15 is 4.39 Å². The minimum absolute atomic E-state index is 0.0630. The Bertz CT molecular complexity index is 1010. The average molecular weight is 646 g/mol. The lowest BCUT2D eigenvalue weighted by Crippen LogP contribution is -2.60. The van der Waals surface area contributed by atoms with Crippen LogP contribution in [0.5, 0.6) is 0 Å². The molecule has 11 nitrogen and oxygen atoms in total. The number of esters is 2. The summed E-state index contributed by atoms with van der Waals surface area (Å²) in [5.74, 6) is -1.28. The summed E-state index contributed by atoms with van der Waals surface area (Å²) in [4.78, 5) is 36.7. The molecule has 260 valence electrons. The second-order valence-corrected chi connectivity index (χ2v) is 14.2. The van der Waals surface area contributed by atoms with E-state index in [1.54, 1.807) is 20.8 Å². The standard InChI is InChI=1S/C33H56FNO10/c1-12-23-18(5)19(6)29(40-21(8)37)31(41-23)44-28-17(4)14-16(3)27(26(28)34)43-30-22(35-32(38)45-33(9,10)11)15-25(39-20(7)36)24(13-2)42-30/h16-19,22-31H,12-15H2,1-11H3,(H,35,38). The SMILES string of the molecule is CCC1OC(OC2C(C)CC(C)C(OC3OC(CC)C(C)C(C)C3OC(C)=O)C2F)C(NC(=O)OC(C)(C)C)CC1OC(C)=O. The van der Waals surface area contributed by atoms with Crippen LogP contribution in [0.3, 0.4) is 0 Å². The molecule has 1 amide bonds. The maximum absolute atomic E-state index is 16.7. The molecule has 3 aliphatic rings. The molecule has 0 spiro atoms. The minimum atomic E-state index is -1.59. The van der Waals surface area contributed by atoms with Gasteiger partial charge in [0.25, 0.3) is 0 Å². The third kappa shape index (κ3) is 9.74. The summed E-state index contributed by atoms with van der Waals surface area (Å²) < 4.78 is 58.6. The Morgan fingerprint density at radius 2 is 1.31 bits per heavy atom. The number of hydrogen-bond donors (Lipinski definition) is 1. The molecule has 14 atom stereocenters. The molecule has 0 aromatic rings. The second-order valence-electron chi connectivity index (χ2n) is 14.2. The zero-order valence-electron chi connectivity index (χ0n) is 28.9. The van der Waals surface area contributed by atoms with Gasteiger partial charge in [0.15, 0.2) is 24.9 Å². The van der Waals surface area contributed by atoms with E-state index in [1.165, 1.54) is 13.8 Å². The van der Waals surface area contributed by atoms with Gasteiger partial charge in [0.1, 0.15) is 11.7 Å². The van der Waals surface area contributed by atoms with E-state index in [2.05, 4.69) is 12.2 Å². The molecule has 3 fully saturated rings. The van der Waals surface area contributed by atoms with Crippen molar-refractivity contribution >= 4 is 18.0 Å². The molecule has 2 aliphatic heterocycles. The number of hydrogen-bond acceptors (Lipinski definition) is 10. The average Bonchev–Trinajstić information content (AvgIpc) is 2.91. The third-order valence-electron chi connectivity index (χ3n) is 9.25. The maximum atomic E-state index is 16.7. The summed E-state index contributed by atoms with van der Waals surface area (Å²) in [6.07, 6.45) is -6.06. The highest BCUT2D eigenvalue weighted by Crippen LogP contribution is 2.41. The predicted octanol–water partition coefficient (Wildman–Crippen LogP) is 5.46. The topological polar surface area (TPSA) is 128 Å². The van der Waals surface area contributed by atoms with Crippen molar-refractivity contribution in [1.29, 1.82) is 0 Å². The molecule has 0 radical (unpaired) electrons. The molecule has 2 saturated heterocycles. The number of amides is 1. The molecule has 1 saturated carbocycles. The van der Waals surface area contributed by atoms with Gasteiger partial charge in [-0.3, -0.25) is 9.59 Å². The van der Waals surface area contributed by atoms with Crippen LogP contribution >= 0.6 is 0 Å². The van der Waals surface area contributed by atoms with Crippen LogP contribution in [-0.4, -0.2) is 85.1 Å². The quantitative estimate of drug-likeness (QED) is 0.255. The van der Waals surface area contributed by atoms with Gasteiger partial charge < -0.3 is 38.5 Å². The Morgan fingerprint density at radius 3 is 1.82 bits per heavy atom. The zero-order valence-corrected chi connectivity index (χ0v) is 28.9. The third-order valence-corrected chi connectivity index (χ3v) is 9.25. The fourth-order valence-electron chi connectivity index (χ4n) is 6.87. The molecule has 12 heteroatoms. The van der Waals surface area contributed by atoms with Crippen molar-refractivity contribution in [1.82, 2.24) is 5.32 Å². The molecule has 2 heterocycles.